The second-order valence-corrected chi connectivity index (χ2v) is 10.7. The first-order valence-electron chi connectivity index (χ1n) is 9.79. The summed E-state index contributed by atoms with van der Waals surface area (Å²) in [6.07, 6.45) is 9.06. The Kier molecular flexibility index (Phi) is 7.54. The van der Waals surface area contributed by atoms with E-state index >= 15 is 0 Å². The zero-order chi connectivity index (χ0) is 16.8. The molecule has 2 atom stereocenters. The highest BCUT2D eigenvalue weighted by Gasteiger charge is 2.62. The Morgan fingerprint density at radius 2 is 1.57 bits per heavy atom. The van der Waals surface area contributed by atoms with Gasteiger partial charge >= 0.3 is 8.56 Å². The topological polar surface area (TPSA) is 39.7 Å². The Labute approximate surface area is 143 Å². The third kappa shape index (κ3) is 4.18. The zero-order valence-electron chi connectivity index (χ0n) is 15.7. The summed E-state index contributed by atoms with van der Waals surface area (Å²) in [5.41, 5.74) is 0. The lowest BCUT2D eigenvalue weighted by Crippen LogP contribution is -2.73. The summed E-state index contributed by atoms with van der Waals surface area (Å²) in [6.45, 7) is 10.7. The second kappa shape index (κ2) is 8.95. The molecule has 0 spiro atoms. The van der Waals surface area contributed by atoms with Gasteiger partial charge in [-0.05, 0) is 59.4 Å². The third-order valence-corrected chi connectivity index (χ3v) is 10.2. The van der Waals surface area contributed by atoms with Crippen LogP contribution in [0.25, 0.3) is 0 Å². The van der Waals surface area contributed by atoms with E-state index in [4.69, 9.17) is 13.6 Å². The molecule has 136 valence electrons. The second-order valence-electron chi connectivity index (χ2n) is 7.11. The number of hydrogen-bond acceptors (Lipinski definition) is 4. The summed E-state index contributed by atoms with van der Waals surface area (Å²) >= 11 is 0. The first kappa shape index (κ1) is 19.4. The largest absolute Gasteiger partial charge is 0.393 e. The number of ether oxygens (including phenoxy) is 1. The van der Waals surface area contributed by atoms with E-state index < -0.39 is 8.56 Å². The van der Waals surface area contributed by atoms with Crippen LogP contribution in [0.3, 0.4) is 0 Å². The lowest BCUT2D eigenvalue weighted by Gasteiger charge is -2.52. The van der Waals surface area contributed by atoms with Gasteiger partial charge in [0, 0.05) is 31.9 Å². The van der Waals surface area contributed by atoms with Gasteiger partial charge in [-0.25, -0.2) is 0 Å². The van der Waals surface area contributed by atoms with Crippen LogP contribution in [-0.2, 0) is 13.6 Å². The van der Waals surface area contributed by atoms with E-state index in [1.165, 1.54) is 44.9 Å². The van der Waals surface area contributed by atoms with Crippen LogP contribution in [0.15, 0.2) is 0 Å². The minimum atomic E-state index is -2.39. The van der Waals surface area contributed by atoms with Gasteiger partial charge in [0.25, 0.3) is 0 Å². The molecular formula is C18H37NO3Si. The van der Waals surface area contributed by atoms with E-state index in [-0.39, 0.29) is 5.22 Å². The van der Waals surface area contributed by atoms with Crippen LogP contribution in [0.2, 0.25) is 6.04 Å². The third-order valence-electron chi connectivity index (χ3n) is 5.66. The predicted octanol–water partition coefficient (Wildman–Crippen LogP) is 3.92. The Hall–Kier alpha value is 0.0569. The first-order chi connectivity index (χ1) is 11.1. The Morgan fingerprint density at radius 1 is 0.913 bits per heavy atom. The van der Waals surface area contributed by atoms with Crippen LogP contribution < -0.4 is 5.32 Å². The summed E-state index contributed by atoms with van der Waals surface area (Å²) in [5.74, 6) is 0. The van der Waals surface area contributed by atoms with E-state index in [0.29, 0.717) is 31.9 Å². The van der Waals surface area contributed by atoms with Crippen molar-refractivity contribution in [3.05, 3.63) is 0 Å². The lowest BCUT2D eigenvalue weighted by molar-refractivity contribution is -0.0510. The summed E-state index contributed by atoms with van der Waals surface area (Å²) in [5, 5.41) is 3.65. The predicted molar refractivity (Wildman–Crippen MR) is 96.9 cm³/mol. The van der Waals surface area contributed by atoms with Crippen molar-refractivity contribution in [3.8, 4) is 0 Å². The fourth-order valence-corrected chi connectivity index (χ4v) is 8.74. The van der Waals surface area contributed by atoms with E-state index in [1.54, 1.807) is 0 Å². The molecule has 2 fully saturated rings. The molecule has 0 aromatic carbocycles. The minimum absolute atomic E-state index is 0.302. The van der Waals surface area contributed by atoms with Gasteiger partial charge in [0.1, 0.15) is 5.22 Å². The Balaban J connectivity index is 2.20. The molecule has 2 unspecified atom stereocenters. The molecule has 2 aliphatic rings. The highest BCUT2D eigenvalue weighted by atomic mass is 28.4. The highest BCUT2D eigenvalue weighted by Crippen LogP contribution is 2.41. The molecule has 1 heterocycles. The average molecular weight is 344 g/mol. The molecule has 5 heteroatoms. The van der Waals surface area contributed by atoms with Crippen LogP contribution >= 0.6 is 0 Å². The normalized spacial score (nSPS) is 32.1. The molecule has 0 amide bonds. The number of hydrogen-bond donors (Lipinski definition) is 1. The van der Waals surface area contributed by atoms with Crippen LogP contribution in [-0.4, -0.2) is 45.7 Å². The number of nitrogens with one attached hydrogen (secondary N) is 1. The monoisotopic (exact) mass is 343 g/mol. The van der Waals surface area contributed by atoms with Crippen molar-refractivity contribution in [1.82, 2.24) is 5.32 Å². The summed E-state index contributed by atoms with van der Waals surface area (Å²) < 4.78 is 19.1. The molecule has 1 saturated heterocycles. The van der Waals surface area contributed by atoms with Crippen molar-refractivity contribution in [2.24, 2.45) is 0 Å². The van der Waals surface area contributed by atoms with Gasteiger partial charge in [0.2, 0.25) is 0 Å². The van der Waals surface area contributed by atoms with Crippen molar-refractivity contribution >= 4 is 8.56 Å². The molecule has 1 aliphatic heterocycles. The molecule has 0 bridgehead atoms. The molecule has 2 rings (SSSR count). The van der Waals surface area contributed by atoms with E-state index in [1.807, 2.05) is 0 Å². The quantitative estimate of drug-likeness (QED) is 0.678. The zero-order valence-corrected chi connectivity index (χ0v) is 16.7. The summed E-state index contributed by atoms with van der Waals surface area (Å²) in [4.78, 5) is 0. The molecule has 23 heavy (non-hydrogen) atoms. The molecular weight excluding hydrogens is 306 g/mol. The standard InChI is InChI=1S/C18H37NO3Si/c1-5-20-18(4)17(19-16-12-9-8-10-13-16)14-11-15-23(18,21-6-2)22-7-3/h16-17,19H,5-15H2,1-4H3. The average Bonchev–Trinajstić information content (AvgIpc) is 2.54. The highest BCUT2D eigenvalue weighted by molar-refractivity contribution is 6.71. The van der Waals surface area contributed by atoms with Crippen LogP contribution in [0, 0.1) is 0 Å². The molecule has 1 N–H and O–H groups in total. The van der Waals surface area contributed by atoms with Crippen molar-refractivity contribution < 1.29 is 13.6 Å². The molecule has 0 aromatic heterocycles. The van der Waals surface area contributed by atoms with E-state index in [9.17, 15) is 0 Å². The smallest absolute Gasteiger partial charge is 0.372 e. The van der Waals surface area contributed by atoms with Crippen molar-refractivity contribution in [2.45, 2.75) is 96.0 Å². The fourth-order valence-electron chi connectivity index (χ4n) is 4.57. The van der Waals surface area contributed by atoms with Gasteiger partial charge in [-0.1, -0.05) is 19.3 Å². The van der Waals surface area contributed by atoms with Crippen LogP contribution in [0.4, 0.5) is 0 Å². The summed E-state index contributed by atoms with van der Waals surface area (Å²) in [7, 11) is -2.39. The maximum atomic E-state index is 6.39. The molecule has 4 nitrogen and oxygen atoms in total. The summed E-state index contributed by atoms with van der Waals surface area (Å²) in [6, 6.07) is 2.04. The van der Waals surface area contributed by atoms with Crippen molar-refractivity contribution in [2.75, 3.05) is 19.8 Å². The Bertz CT molecular complexity index is 338. The van der Waals surface area contributed by atoms with Crippen LogP contribution in [0.5, 0.6) is 0 Å². The molecule has 1 saturated carbocycles. The molecule has 1 aliphatic carbocycles. The van der Waals surface area contributed by atoms with Gasteiger partial charge in [-0.3, -0.25) is 0 Å². The van der Waals surface area contributed by atoms with Gasteiger partial charge in [0.05, 0.1) is 0 Å². The van der Waals surface area contributed by atoms with E-state index in [2.05, 4.69) is 33.0 Å². The van der Waals surface area contributed by atoms with E-state index in [0.717, 1.165) is 6.04 Å². The maximum absolute atomic E-state index is 6.39. The van der Waals surface area contributed by atoms with Gasteiger partial charge in [-0.2, -0.15) is 0 Å². The molecule has 0 radical (unpaired) electrons. The van der Waals surface area contributed by atoms with Gasteiger partial charge in [-0.15, -0.1) is 0 Å². The molecule has 0 aromatic rings. The van der Waals surface area contributed by atoms with Gasteiger partial charge < -0.3 is 18.9 Å². The first-order valence-corrected chi connectivity index (χ1v) is 11.8. The lowest BCUT2D eigenvalue weighted by atomic mass is 9.93. The minimum Gasteiger partial charge on any atom is -0.393 e. The van der Waals surface area contributed by atoms with Gasteiger partial charge in [0.15, 0.2) is 0 Å². The Morgan fingerprint density at radius 3 is 2.13 bits per heavy atom. The van der Waals surface area contributed by atoms with Crippen LogP contribution in [0.1, 0.15) is 72.6 Å². The van der Waals surface area contributed by atoms with Crippen molar-refractivity contribution in [1.29, 1.82) is 0 Å². The van der Waals surface area contributed by atoms with Crippen molar-refractivity contribution in [3.63, 3.8) is 0 Å². The number of rotatable bonds is 8. The SMILES string of the molecule is CCOC1(C)C(NC2CCCCC2)CCC[Si]1(OCC)OCC. The maximum Gasteiger partial charge on any atom is 0.372 e. The fraction of sp³-hybridized carbons (Fsp3) is 1.00.